The van der Waals surface area contributed by atoms with Crippen LogP contribution < -0.4 is 0 Å². The first-order chi connectivity index (χ1) is 9.10. The summed E-state index contributed by atoms with van der Waals surface area (Å²) in [7, 11) is 1.30. The number of methoxy groups -OCH3 is 1. The number of phenols is 2. The summed E-state index contributed by atoms with van der Waals surface area (Å²) in [5.74, 6) is -0.106. The van der Waals surface area contributed by atoms with E-state index in [0.717, 1.165) is 0 Å². The van der Waals surface area contributed by atoms with Gasteiger partial charge in [-0.2, -0.15) is 0 Å². The predicted octanol–water partition coefficient (Wildman–Crippen LogP) is 1.37. The van der Waals surface area contributed by atoms with Gasteiger partial charge in [-0.15, -0.1) is 0 Å². The van der Waals surface area contributed by atoms with E-state index >= 15 is 0 Å². The number of hydrogen-bond acceptors (Lipinski definition) is 6. The molecule has 0 amide bonds. The first-order valence-corrected chi connectivity index (χ1v) is 5.50. The number of phenolic OH excluding ortho intramolecular Hbond substituents is 2. The van der Waals surface area contributed by atoms with Crippen molar-refractivity contribution in [3.8, 4) is 11.5 Å². The average Bonchev–Trinajstić information content (AvgIpc) is 2.41. The van der Waals surface area contributed by atoms with Gasteiger partial charge in [-0.3, -0.25) is 4.79 Å². The van der Waals surface area contributed by atoms with Crippen LogP contribution in [-0.4, -0.2) is 34.7 Å². The van der Waals surface area contributed by atoms with Crippen LogP contribution in [0, 0.1) is 0 Å². The molecule has 1 aromatic rings. The molecular weight excluding hydrogens is 250 g/mol. The Bertz CT molecular complexity index is 550. The van der Waals surface area contributed by atoms with Crippen molar-refractivity contribution in [1.29, 1.82) is 0 Å². The highest BCUT2D eigenvalue weighted by atomic mass is 16.5. The van der Waals surface area contributed by atoms with Crippen LogP contribution in [0.2, 0.25) is 0 Å². The lowest BCUT2D eigenvalue weighted by molar-refractivity contribution is -0.140. The number of benzene rings is 1. The van der Waals surface area contributed by atoms with Gasteiger partial charge in [0.15, 0.2) is 5.76 Å². The van der Waals surface area contributed by atoms with Crippen molar-refractivity contribution >= 4 is 11.7 Å². The molecule has 2 rings (SSSR count). The Morgan fingerprint density at radius 2 is 2.21 bits per heavy atom. The van der Waals surface area contributed by atoms with Crippen LogP contribution in [0.4, 0.5) is 0 Å². The number of carbonyl (C=O) groups is 1. The number of nitrogens with zero attached hydrogens (tertiary/aromatic N) is 1. The van der Waals surface area contributed by atoms with Crippen LogP contribution in [0.1, 0.15) is 5.56 Å². The van der Waals surface area contributed by atoms with Crippen LogP contribution in [0.5, 0.6) is 11.5 Å². The van der Waals surface area contributed by atoms with E-state index in [0.29, 0.717) is 11.3 Å². The third-order valence-corrected chi connectivity index (χ3v) is 2.52. The number of carbonyl (C=O) groups excluding carboxylic acids is 1. The minimum Gasteiger partial charge on any atom is -0.508 e. The lowest BCUT2D eigenvalue weighted by atomic mass is 10.1. The van der Waals surface area contributed by atoms with Gasteiger partial charge in [0.05, 0.1) is 12.7 Å². The normalized spacial score (nSPS) is 13.7. The van der Waals surface area contributed by atoms with E-state index in [2.05, 4.69) is 4.74 Å². The van der Waals surface area contributed by atoms with Gasteiger partial charge in [-0.1, -0.05) is 0 Å². The highest BCUT2D eigenvalue weighted by molar-refractivity contribution is 5.73. The van der Waals surface area contributed by atoms with Gasteiger partial charge in [-0.05, 0) is 18.2 Å². The first-order valence-electron chi connectivity index (χ1n) is 5.50. The van der Waals surface area contributed by atoms with E-state index in [4.69, 9.17) is 4.74 Å². The molecule has 1 heterocycles. The van der Waals surface area contributed by atoms with Crippen molar-refractivity contribution < 1.29 is 24.5 Å². The molecule has 6 nitrogen and oxygen atoms in total. The quantitative estimate of drug-likeness (QED) is 0.633. The second-order valence-electron chi connectivity index (χ2n) is 3.85. The highest BCUT2D eigenvalue weighted by Gasteiger charge is 2.15. The van der Waals surface area contributed by atoms with Crippen molar-refractivity contribution in [3.05, 3.63) is 42.4 Å². The smallest absolute Gasteiger partial charge is 0.325 e. The van der Waals surface area contributed by atoms with E-state index in [-0.39, 0.29) is 18.0 Å². The van der Waals surface area contributed by atoms with Crippen LogP contribution in [0.25, 0.3) is 5.76 Å². The van der Waals surface area contributed by atoms with E-state index in [9.17, 15) is 15.0 Å². The summed E-state index contributed by atoms with van der Waals surface area (Å²) in [6.07, 6.45) is 4.47. The van der Waals surface area contributed by atoms with Gasteiger partial charge in [-0.25, -0.2) is 0 Å². The monoisotopic (exact) mass is 263 g/mol. The predicted molar refractivity (Wildman–Crippen MR) is 66.7 cm³/mol. The fourth-order valence-corrected chi connectivity index (χ4v) is 1.57. The fourth-order valence-electron chi connectivity index (χ4n) is 1.57. The molecule has 100 valence electrons. The number of esters is 1. The summed E-state index contributed by atoms with van der Waals surface area (Å²) in [5, 5.41) is 19.2. The standard InChI is InChI=1S/C13H13NO5/c1-18-13(17)8-14-4-5-19-12(7-14)10-6-9(15)2-3-11(10)16/h2-7,15-16H,8H2,1H3. The van der Waals surface area contributed by atoms with Gasteiger partial charge in [0, 0.05) is 12.4 Å². The Morgan fingerprint density at radius 3 is 2.95 bits per heavy atom. The molecule has 0 atom stereocenters. The van der Waals surface area contributed by atoms with Gasteiger partial charge in [0.2, 0.25) is 0 Å². The van der Waals surface area contributed by atoms with Crippen LogP contribution in [-0.2, 0) is 14.3 Å². The molecule has 0 unspecified atom stereocenters. The molecule has 0 radical (unpaired) electrons. The van der Waals surface area contributed by atoms with Gasteiger partial charge < -0.3 is 24.6 Å². The maximum atomic E-state index is 11.2. The Labute approximate surface area is 109 Å². The van der Waals surface area contributed by atoms with E-state index in [1.54, 1.807) is 11.1 Å². The zero-order chi connectivity index (χ0) is 13.8. The minimum absolute atomic E-state index is 0.00590. The summed E-state index contributed by atoms with van der Waals surface area (Å²) in [6, 6.07) is 4.10. The summed E-state index contributed by atoms with van der Waals surface area (Å²) in [6.45, 7) is 0.0272. The van der Waals surface area contributed by atoms with Crippen molar-refractivity contribution in [2.75, 3.05) is 13.7 Å². The van der Waals surface area contributed by atoms with Crippen molar-refractivity contribution in [2.45, 2.75) is 0 Å². The molecule has 0 spiro atoms. The Morgan fingerprint density at radius 1 is 1.42 bits per heavy atom. The summed E-state index contributed by atoms with van der Waals surface area (Å²) in [4.78, 5) is 12.7. The lowest BCUT2D eigenvalue weighted by Gasteiger charge is -2.20. The molecule has 2 N–H and O–H groups in total. The molecule has 1 aliphatic heterocycles. The molecule has 6 heteroatoms. The van der Waals surface area contributed by atoms with Crippen LogP contribution in [0.15, 0.2) is 36.9 Å². The molecule has 1 aromatic carbocycles. The zero-order valence-corrected chi connectivity index (χ0v) is 10.2. The van der Waals surface area contributed by atoms with Crippen LogP contribution >= 0.6 is 0 Å². The molecule has 0 fully saturated rings. The Hall–Kier alpha value is -2.63. The second kappa shape index (κ2) is 5.34. The zero-order valence-electron chi connectivity index (χ0n) is 10.2. The maximum absolute atomic E-state index is 11.2. The molecule has 0 aromatic heterocycles. The number of aromatic hydroxyl groups is 2. The third-order valence-electron chi connectivity index (χ3n) is 2.52. The molecule has 0 bridgehead atoms. The fraction of sp³-hybridized carbons (Fsp3) is 0.154. The van der Waals surface area contributed by atoms with E-state index in [1.807, 2.05) is 0 Å². The van der Waals surface area contributed by atoms with Crippen molar-refractivity contribution in [1.82, 2.24) is 4.90 Å². The molecule has 0 saturated carbocycles. The molecule has 0 saturated heterocycles. The van der Waals surface area contributed by atoms with Crippen LogP contribution in [0.3, 0.4) is 0 Å². The van der Waals surface area contributed by atoms with Crippen molar-refractivity contribution in [3.63, 3.8) is 0 Å². The Kier molecular flexibility index (Phi) is 3.61. The van der Waals surface area contributed by atoms with E-state index < -0.39 is 5.97 Å². The third kappa shape index (κ3) is 2.98. The summed E-state index contributed by atoms with van der Waals surface area (Å²) < 4.78 is 9.82. The molecular formula is C13H13NO5. The highest BCUT2D eigenvalue weighted by Crippen LogP contribution is 2.31. The number of ether oxygens (including phenoxy) is 2. The van der Waals surface area contributed by atoms with Gasteiger partial charge >= 0.3 is 5.97 Å². The average molecular weight is 263 g/mol. The maximum Gasteiger partial charge on any atom is 0.325 e. The first kappa shape index (κ1) is 12.8. The molecule has 0 aliphatic carbocycles. The van der Waals surface area contributed by atoms with Gasteiger partial charge in [0.25, 0.3) is 0 Å². The summed E-state index contributed by atoms with van der Waals surface area (Å²) >= 11 is 0. The number of rotatable bonds is 3. The van der Waals surface area contributed by atoms with Crippen molar-refractivity contribution in [2.24, 2.45) is 0 Å². The number of hydrogen-bond donors (Lipinski definition) is 2. The lowest BCUT2D eigenvalue weighted by Crippen LogP contribution is -2.23. The Balaban J connectivity index is 2.24. The SMILES string of the molecule is COC(=O)CN1C=COC(c2cc(O)ccc2O)=C1. The molecule has 19 heavy (non-hydrogen) atoms. The summed E-state index contributed by atoms with van der Waals surface area (Å²) in [5.41, 5.74) is 0.333. The largest absolute Gasteiger partial charge is 0.508 e. The molecule has 1 aliphatic rings. The van der Waals surface area contributed by atoms with E-state index in [1.165, 1.54) is 37.8 Å². The van der Waals surface area contributed by atoms with Gasteiger partial charge in [0.1, 0.15) is 24.3 Å². The topological polar surface area (TPSA) is 79.2 Å². The second-order valence-corrected chi connectivity index (χ2v) is 3.85. The minimum atomic E-state index is -0.401.